The van der Waals surface area contributed by atoms with Gasteiger partial charge in [0.25, 0.3) is 0 Å². The number of benzene rings is 8. The molecule has 0 spiro atoms. The third-order valence-corrected chi connectivity index (χ3v) is 10.1. The van der Waals surface area contributed by atoms with E-state index in [2.05, 4.69) is 0 Å². The molecule has 0 saturated carbocycles. The van der Waals surface area contributed by atoms with Crippen molar-refractivity contribution < 1.29 is 15.4 Å². The molecular weight excluding hydrogens is 685 g/mol. The highest BCUT2D eigenvalue weighted by atomic mass is 16.3. The highest BCUT2D eigenvalue weighted by Crippen LogP contribution is 2.40. The third kappa shape index (κ3) is 5.29. The summed E-state index contributed by atoms with van der Waals surface area (Å²) in [7, 11) is 0. The maximum Gasteiger partial charge on any atom is 0.166 e. The van der Waals surface area contributed by atoms with Crippen LogP contribution in [0.2, 0.25) is 0 Å². The molecule has 5 nitrogen and oxygen atoms in total. The van der Waals surface area contributed by atoms with Crippen molar-refractivity contribution in [2.45, 2.75) is 0 Å². The van der Waals surface area contributed by atoms with Crippen molar-refractivity contribution in [2.24, 2.45) is 0 Å². The molecule has 0 aliphatic heterocycles. The predicted octanol–water partition coefficient (Wildman–Crippen LogP) is 13.2. The molecule has 3 heterocycles. The van der Waals surface area contributed by atoms with Gasteiger partial charge in [0.1, 0.15) is 11.2 Å². The van der Waals surface area contributed by atoms with E-state index in [0.29, 0.717) is 45.2 Å². The lowest BCUT2D eigenvalue weighted by Gasteiger charge is -2.16. The van der Waals surface area contributed by atoms with Crippen molar-refractivity contribution in [1.82, 2.24) is 19.5 Å². The number of fused-ring (bicyclic) bond motifs is 6. The minimum atomic E-state index is -0.519. The van der Waals surface area contributed by atoms with Gasteiger partial charge in [-0.05, 0) is 58.6 Å². The first-order valence-electron chi connectivity index (χ1n) is 22.1. The van der Waals surface area contributed by atoms with Gasteiger partial charge in [-0.2, -0.15) is 0 Å². The molecule has 0 radical (unpaired) electrons. The van der Waals surface area contributed by atoms with E-state index < -0.39 is 48.3 Å². The lowest BCUT2D eigenvalue weighted by Crippen LogP contribution is -2.04. The van der Waals surface area contributed by atoms with Gasteiger partial charge in [-0.25, -0.2) is 15.0 Å². The Morgan fingerprint density at radius 2 is 0.946 bits per heavy atom. The van der Waals surface area contributed by atoms with Crippen molar-refractivity contribution in [3.05, 3.63) is 194 Å². The maximum atomic E-state index is 9.28. The zero-order chi connectivity index (χ0) is 44.0. The Morgan fingerprint density at radius 1 is 0.411 bits per heavy atom. The molecule has 5 heteroatoms. The van der Waals surface area contributed by atoms with Gasteiger partial charge in [0, 0.05) is 38.2 Å². The molecule has 0 atom stereocenters. The Balaban J connectivity index is 1.26. The topological polar surface area (TPSA) is 56.7 Å². The molecule has 0 saturated heterocycles. The molecule has 0 bridgehead atoms. The molecule has 11 rings (SSSR count). The van der Waals surface area contributed by atoms with Crippen molar-refractivity contribution in [3.8, 4) is 62.1 Å². The summed E-state index contributed by atoms with van der Waals surface area (Å²) in [5, 5.41) is 1.64. The number of aromatic nitrogens is 4. The smallest absolute Gasteiger partial charge is 0.166 e. The first-order valence-corrected chi connectivity index (χ1v) is 18.1. The van der Waals surface area contributed by atoms with Crippen LogP contribution < -0.4 is 0 Å². The standard InChI is InChI=1S/C51H32N4O/c1-3-14-33(15-4-1)34-26-28-35(29-27-34)37-30-31-45(55-43-22-10-7-18-38(43)39-19-8-11-23-44(39)55)42(32-37)51-53-49(36-16-5-2-6-17-36)52-50(54-51)41-21-13-25-47-48(41)40-20-9-12-24-46(40)56-47/h1-32H/i7D,8D,10D,11D,18D,19D,22D,23D. The number of hydrogen-bond acceptors (Lipinski definition) is 4. The predicted molar refractivity (Wildman–Crippen MR) is 229 cm³/mol. The van der Waals surface area contributed by atoms with E-state index in [1.54, 1.807) is 6.07 Å². The van der Waals surface area contributed by atoms with Crippen LogP contribution in [0, 0.1) is 0 Å². The zero-order valence-electron chi connectivity index (χ0n) is 37.6. The molecule has 0 aliphatic rings. The van der Waals surface area contributed by atoms with Gasteiger partial charge in [-0.1, -0.05) is 158 Å². The molecule has 3 aromatic heterocycles. The first kappa shape index (κ1) is 24.6. The Labute approximate surface area is 334 Å². The van der Waals surface area contributed by atoms with E-state index in [4.69, 9.17) is 27.6 Å². The number of furan rings is 1. The van der Waals surface area contributed by atoms with Gasteiger partial charge < -0.3 is 8.98 Å². The average Bonchev–Trinajstić information content (AvgIpc) is 3.91. The van der Waals surface area contributed by atoms with E-state index in [-0.39, 0.29) is 27.6 Å². The van der Waals surface area contributed by atoms with Gasteiger partial charge in [-0.3, -0.25) is 0 Å². The fourth-order valence-corrected chi connectivity index (χ4v) is 7.53. The van der Waals surface area contributed by atoms with Crippen molar-refractivity contribution in [2.75, 3.05) is 0 Å². The summed E-state index contributed by atoms with van der Waals surface area (Å²) in [6, 6.07) is 43.0. The SMILES string of the molecule is [2H]c1c([2H])c([2H])c2c(c1[2H])c1c([2H])c([2H])c([2H])c([2H])c1n2-c1ccc(-c2ccc(-c3ccccc3)cc2)cc1-c1nc(-c2ccccc2)nc(-c2cccc3oc4ccccc4c23)n1. The van der Waals surface area contributed by atoms with Crippen LogP contribution in [0.4, 0.5) is 0 Å². The Bertz CT molecular complexity index is 3630. The summed E-state index contributed by atoms with van der Waals surface area (Å²) < 4.78 is 79.3. The molecular formula is C51H32N4O. The van der Waals surface area contributed by atoms with Crippen LogP contribution in [0.1, 0.15) is 11.0 Å². The van der Waals surface area contributed by atoms with E-state index >= 15 is 0 Å². The Hall–Kier alpha value is -7.63. The highest BCUT2D eigenvalue weighted by Gasteiger charge is 2.22. The zero-order valence-corrected chi connectivity index (χ0v) is 29.6. The first-order chi connectivity index (χ1) is 31.1. The second-order valence-electron chi connectivity index (χ2n) is 13.4. The fraction of sp³-hybridized carbons (Fsp3) is 0. The van der Waals surface area contributed by atoms with Crippen LogP contribution in [0.3, 0.4) is 0 Å². The van der Waals surface area contributed by atoms with Gasteiger partial charge in [0.15, 0.2) is 17.5 Å². The highest BCUT2D eigenvalue weighted by molar-refractivity contribution is 6.12. The number of nitrogens with zero attached hydrogens (tertiary/aromatic N) is 4. The van der Waals surface area contributed by atoms with Crippen LogP contribution in [-0.4, -0.2) is 19.5 Å². The summed E-state index contributed by atoms with van der Waals surface area (Å²) in [5.41, 5.74) is 7.21. The number of rotatable bonds is 6. The van der Waals surface area contributed by atoms with E-state index in [1.807, 2.05) is 140 Å². The van der Waals surface area contributed by atoms with Gasteiger partial charge in [-0.15, -0.1) is 0 Å². The van der Waals surface area contributed by atoms with Gasteiger partial charge in [0.2, 0.25) is 0 Å². The van der Waals surface area contributed by atoms with Crippen LogP contribution >= 0.6 is 0 Å². The van der Waals surface area contributed by atoms with E-state index in [0.717, 1.165) is 33.0 Å². The van der Waals surface area contributed by atoms with Crippen LogP contribution in [0.15, 0.2) is 198 Å². The fourth-order valence-electron chi connectivity index (χ4n) is 7.53. The van der Waals surface area contributed by atoms with Gasteiger partial charge >= 0.3 is 0 Å². The second-order valence-corrected chi connectivity index (χ2v) is 13.4. The molecule has 262 valence electrons. The van der Waals surface area contributed by atoms with Crippen LogP contribution in [0.25, 0.3) is 106 Å². The van der Waals surface area contributed by atoms with Crippen molar-refractivity contribution >= 4 is 43.7 Å². The van der Waals surface area contributed by atoms with Crippen LogP contribution in [-0.2, 0) is 0 Å². The molecule has 8 aromatic carbocycles. The van der Waals surface area contributed by atoms with Crippen LogP contribution in [0.5, 0.6) is 0 Å². The number of hydrogen-bond donors (Lipinski definition) is 0. The lowest BCUT2D eigenvalue weighted by molar-refractivity contribution is 0.669. The summed E-state index contributed by atoms with van der Waals surface area (Å²) in [5.74, 6) is 0.916. The molecule has 0 unspecified atom stereocenters. The maximum absolute atomic E-state index is 9.28. The number of para-hydroxylation sites is 3. The summed E-state index contributed by atoms with van der Waals surface area (Å²) in [6.07, 6.45) is 0. The summed E-state index contributed by atoms with van der Waals surface area (Å²) in [6.45, 7) is 0. The third-order valence-electron chi connectivity index (χ3n) is 10.1. The van der Waals surface area contributed by atoms with Crippen molar-refractivity contribution in [3.63, 3.8) is 0 Å². The summed E-state index contributed by atoms with van der Waals surface area (Å²) >= 11 is 0. The Kier molecular flexibility index (Phi) is 5.74. The average molecular weight is 725 g/mol. The normalized spacial score (nSPS) is 13.6. The van der Waals surface area contributed by atoms with E-state index in [9.17, 15) is 2.74 Å². The van der Waals surface area contributed by atoms with Crippen molar-refractivity contribution in [1.29, 1.82) is 0 Å². The molecule has 0 fully saturated rings. The Morgan fingerprint density at radius 3 is 1.66 bits per heavy atom. The molecule has 56 heavy (non-hydrogen) atoms. The molecule has 0 aliphatic carbocycles. The minimum Gasteiger partial charge on any atom is -0.456 e. The quantitative estimate of drug-likeness (QED) is 0.171. The molecule has 0 amide bonds. The van der Waals surface area contributed by atoms with Gasteiger partial charge in [0.05, 0.1) is 27.7 Å². The summed E-state index contributed by atoms with van der Waals surface area (Å²) in [4.78, 5) is 15.4. The van der Waals surface area contributed by atoms with E-state index in [1.165, 1.54) is 4.57 Å². The monoisotopic (exact) mass is 724 g/mol. The largest absolute Gasteiger partial charge is 0.456 e. The molecule has 0 N–H and O–H groups in total. The molecule has 11 aromatic rings. The second kappa shape index (κ2) is 13.0. The lowest BCUT2D eigenvalue weighted by atomic mass is 9.98. The minimum absolute atomic E-state index is 0.0126.